The van der Waals surface area contributed by atoms with E-state index in [1.807, 2.05) is 25.1 Å². The van der Waals surface area contributed by atoms with Gasteiger partial charge < -0.3 is 11.1 Å². The number of thiophene rings is 1. The van der Waals surface area contributed by atoms with Crippen LogP contribution in [-0.4, -0.2) is 12.5 Å². The molecule has 0 unspecified atom stereocenters. The van der Waals surface area contributed by atoms with E-state index in [1.54, 1.807) is 0 Å². The predicted octanol–water partition coefficient (Wildman–Crippen LogP) is 3.57. The molecule has 0 aliphatic heterocycles. The first-order valence-electron chi connectivity index (χ1n) is 6.56. The maximum absolute atomic E-state index is 12.1. The first-order chi connectivity index (χ1) is 8.99. The first-order valence-corrected chi connectivity index (χ1v) is 7.37. The van der Waals surface area contributed by atoms with Gasteiger partial charge in [-0.05, 0) is 31.4 Å². The standard InChI is InChI=1S/C15H20N2OS/c1-9(2)6-7-17-15(18)14-13(16)11-8-10(3)4-5-12(11)19-14/h4-5,8-9H,6-7,16H2,1-3H3,(H,17,18). The van der Waals surface area contributed by atoms with E-state index in [0.717, 1.165) is 22.1 Å². The molecule has 19 heavy (non-hydrogen) atoms. The van der Waals surface area contributed by atoms with Gasteiger partial charge in [-0.1, -0.05) is 25.5 Å². The lowest BCUT2D eigenvalue weighted by molar-refractivity contribution is 0.0957. The molecule has 3 nitrogen and oxygen atoms in total. The van der Waals surface area contributed by atoms with Gasteiger partial charge in [-0.15, -0.1) is 11.3 Å². The van der Waals surface area contributed by atoms with Gasteiger partial charge in [0.15, 0.2) is 0 Å². The van der Waals surface area contributed by atoms with Crippen LogP contribution in [0, 0.1) is 12.8 Å². The Morgan fingerprint density at radius 2 is 2.16 bits per heavy atom. The number of carbonyl (C=O) groups is 1. The summed E-state index contributed by atoms with van der Waals surface area (Å²) >= 11 is 1.46. The molecule has 0 saturated carbocycles. The van der Waals surface area contributed by atoms with Crippen molar-refractivity contribution in [3.63, 3.8) is 0 Å². The molecule has 0 aliphatic rings. The Morgan fingerprint density at radius 3 is 2.84 bits per heavy atom. The molecule has 0 bridgehead atoms. The number of fused-ring (bicyclic) bond motifs is 1. The van der Waals surface area contributed by atoms with Crippen LogP contribution in [-0.2, 0) is 0 Å². The van der Waals surface area contributed by atoms with Crippen LogP contribution in [0.3, 0.4) is 0 Å². The van der Waals surface area contributed by atoms with Crippen LogP contribution in [0.2, 0.25) is 0 Å². The van der Waals surface area contributed by atoms with E-state index in [1.165, 1.54) is 11.3 Å². The van der Waals surface area contributed by atoms with Crippen molar-refractivity contribution in [2.75, 3.05) is 12.3 Å². The molecule has 4 heteroatoms. The molecule has 1 aromatic heterocycles. The van der Waals surface area contributed by atoms with Gasteiger partial charge in [0.2, 0.25) is 0 Å². The summed E-state index contributed by atoms with van der Waals surface area (Å²) in [6.45, 7) is 7.01. The molecule has 102 valence electrons. The molecule has 0 fully saturated rings. The Balaban J connectivity index is 2.20. The van der Waals surface area contributed by atoms with Crippen LogP contribution in [0.15, 0.2) is 18.2 Å². The number of hydrogen-bond donors (Lipinski definition) is 2. The van der Waals surface area contributed by atoms with Crippen LogP contribution in [0.1, 0.15) is 35.5 Å². The van der Waals surface area contributed by atoms with Crippen molar-refractivity contribution >= 4 is 33.0 Å². The number of rotatable bonds is 4. The zero-order chi connectivity index (χ0) is 14.0. The van der Waals surface area contributed by atoms with Crippen molar-refractivity contribution in [2.45, 2.75) is 27.2 Å². The number of carbonyl (C=O) groups excluding carboxylic acids is 1. The lowest BCUT2D eigenvalue weighted by Gasteiger charge is -2.06. The van der Waals surface area contributed by atoms with E-state index >= 15 is 0 Å². The van der Waals surface area contributed by atoms with Gasteiger partial charge in [0.1, 0.15) is 4.88 Å². The number of nitrogens with one attached hydrogen (secondary N) is 1. The molecular formula is C15H20N2OS. The average molecular weight is 276 g/mol. The molecule has 0 radical (unpaired) electrons. The van der Waals surface area contributed by atoms with Crippen molar-refractivity contribution in [2.24, 2.45) is 5.92 Å². The smallest absolute Gasteiger partial charge is 0.263 e. The van der Waals surface area contributed by atoms with E-state index in [0.29, 0.717) is 23.0 Å². The summed E-state index contributed by atoms with van der Waals surface area (Å²) in [4.78, 5) is 12.7. The quantitative estimate of drug-likeness (QED) is 0.897. The summed E-state index contributed by atoms with van der Waals surface area (Å²) in [5, 5.41) is 3.92. The number of anilines is 1. The van der Waals surface area contributed by atoms with Crippen LogP contribution < -0.4 is 11.1 Å². The van der Waals surface area contributed by atoms with Crippen molar-refractivity contribution in [1.82, 2.24) is 5.32 Å². The molecule has 0 aliphatic carbocycles. The molecule has 0 atom stereocenters. The number of aryl methyl sites for hydroxylation is 1. The van der Waals surface area contributed by atoms with Crippen LogP contribution in [0.4, 0.5) is 5.69 Å². The summed E-state index contributed by atoms with van der Waals surface area (Å²) in [5.41, 5.74) is 7.85. The summed E-state index contributed by atoms with van der Waals surface area (Å²) in [7, 11) is 0. The van der Waals surface area contributed by atoms with Gasteiger partial charge >= 0.3 is 0 Å². The van der Waals surface area contributed by atoms with Crippen molar-refractivity contribution in [3.8, 4) is 0 Å². The second-order valence-corrected chi connectivity index (χ2v) is 6.34. The van der Waals surface area contributed by atoms with Crippen LogP contribution in [0.5, 0.6) is 0 Å². The highest BCUT2D eigenvalue weighted by Gasteiger charge is 2.15. The Labute approximate surface area is 117 Å². The molecule has 3 N–H and O–H groups in total. The van der Waals surface area contributed by atoms with Gasteiger partial charge in [-0.3, -0.25) is 4.79 Å². The third-order valence-electron chi connectivity index (χ3n) is 3.10. The SMILES string of the molecule is Cc1ccc2sc(C(=O)NCCC(C)C)c(N)c2c1. The zero-order valence-electron chi connectivity index (χ0n) is 11.6. The average Bonchev–Trinajstić information content (AvgIpc) is 2.66. The summed E-state index contributed by atoms with van der Waals surface area (Å²) < 4.78 is 1.07. The van der Waals surface area contributed by atoms with Gasteiger partial charge in [0, 0.05) is 16.6 Å². The van der Waals surface area contributed by atoms with Crippen molar-refractivity contribution in [3.05, 3.63) is 28.6 Å². The normalized spacial score (nSPS) is 11.2. The zero-order valence-corrected chi connectivity index (χ0v) is 12.4. The Bertz CT molecular complexity index is 601. The number of nitrogens with two attached hydrogens (primary N) is 1. The van der Waals surface area contributed by atoms with E-state index < -0.39 is 0 Å². The molecule has 2 rings (SSSR count). The third kappa shape index (κ3) is 3.07. The minimum absolute atomic E-state index is 0.0583. The van der Waals surface area contributed by atoms with Gasteiger partial charge in [-0.25, -0.2) is 0 Å². The van der Waals surface area contributed by atoms with E-state index in [-0.39, 0.29) is 5.91 Å². The summed E-state index contributed by atoms with van der Waals surface area (Å²) in [5.74, 6) is 0.528. The molecule has 0 saturated heterocycles. The van der Waals surface area contributed by atoms with E-state index in [9.17, 15) is 4.79 Å². The Kier molecular flexibility index (Phi) is 4.10. The third-order valence-corrected chi connectivity index (χ3v) is 4.28. The Morgan fingerprint density at radius 1 is 1.42 bits per heavy atom. The monoisotopic (exact) mass is 276 g/mol. The molecule has 1 heterocycles. The molecular weight excluding hydrogens is 256 g/mol. The van der Waals surface area contributed by atoms with Crippen LogP contribution in [0.25, 0.3) is 10.1 Å². The van der Waals surface area contributed by atoms with Gasteiger partial charge in [0.05, 0.1) is 5.69 Å². The fourth-order valence-corrected chi connectivity index (χ4v) is 2.97. The highest BCUT2D eigenvalue weighted by molar-refractivity contribution is 7.21. The van der Waals surface area contributed by atoms with Gasteiger partial charge in [0.25, 0.3) is 5.91 Å². The number of benzene rings is 1. The van der Waals surface area contributed by atoms with Crippen molar-refractivity contribution < 1.29 is 4.79 Å². The van der Waals surface area contributed by atoms with Crippen molar-refractivity contribution in [1.29, 1.82) is 0 Å². The molecule has 0 spiro atoms. The molecule has 1 amide bonds. The number of hydrogen-bond acceptors (Lipinski definition) is 3. The number of amides is 1. The van der Waals surface area contributed by atoms with E-state index in [2.05, 4.69) is 19.2 Å². The molecule has 2 aromatic rings. The molecule has 1 aromatic carbocycles. The lowest BCUT2D eigenvalue weighted by atomic mass is 10.1. The maximum atomic E-state index is 12.1. The highest BCUT2D eigenvalue weighted by Crippen LogP contribution is 2.34. The fourth-order valence-electron chi connectivity index (χ4n) is 1.95. The minimum Gasteiger partial charge on any atom is -0.397 e. The lowest BCUT2D eigenvalue weighted by Crippen LogP contribution is -2.25. The second kappa shape index (κ2) is 5.61. The largest absolute Gasteiger partial charge is 0.397 e. The summed E-state index contributed by atoms with van der Waals surface area (Å²) in [6, 6.07) is 6.10. The fraction of sp³-hybridized carbons (Fsp3) is 0.400. The topological polar surface area (TPSA) is 55.1 Å². The minimum atomic E-state index is -0.0583. The first kappa shape index (κ1) is 13.9. The highest BCUT2D eigenvalue weighted by atomic mass is 32.1. The number of nitrogen functional groups attached to an aromatic ring is 1. The predicted molar refractivity (Wildman–Crippen MR) is 82.8 cm³/mol. The maximum Gasteiger partial charge on any atom is 0.263 e. The Hall–Kier alpha value is -1.55. The van der Waals surface area contributed by atoms with Gasteiger partial charge in [-0.2, -0.15) is 0 Å². The van der Waals surface area contributed by atoms with Crippen LogP contribution >= 0.6 is 11.3 Å². The second-order valence-electron chi connectivity index (χ2n) is 5.28. The van der Waals surface area contributed by atoms with E-state index in [4.69, 9.17) is 5.73 Å². The summed E-state index contributed by atoms with van der Waals surface area (Å²) in [6.07, 6.45) is 0.982.